The lowest BCUT2D eigenvalue weighted by Crippen LogP contribution is -2.66. The van der Waals surface area contributed by atoms with E-state index in [1.165, 1.54) is 11.1 Å². The topological polar surface area (TPSA) is 38.5 Å². The van der Waals surface area contributed by atoms with Crippen LogP contribution in [0.2, 0.25) is 0 Å². The summed E-state index contributed by atoms with van der Waals surface area (Å²) in [6.45, 7) is 11.3. The van der Waals surface area contributed by atoms with Crippen LogP contribution in [0.5, 0.6) is 0 Å². The summed E-state index contributed by atoms with van der Waals surface area (Å²) in [5.74, 6) is 0. The minimum atomic E-state index is -0.126. The van der Waals surface area contributed by atoms with E-state index in [2.05, 4.69) is 56.9 Å². The molecular formula is C18H28N2O. The summed E-state index contributed by atoms with van der Waals surface area (Å²) in [7, 11) is 0. The zero-order chi connectivity index (χ0) is 15.3. The van der Waals surface area contributed by atoms with Crippen molar-refractivity contribution in [1.82, 2.24) is 4.90 Å². The van der Waals surface area contributed by atoms with Gasteiger partial charge in [-0.1, -0.05) is 24.3 Å². The molecule has 1 saturated heterocycles. The molecular weight excluding hydrogens is 260 g/mol. The molecule has 1 aromatic rings. The maximum absolute atomic E-state index is 6.27. The van der Waals surface area contributed by atoms with Crippen LogP contribution >= 0.6 is 0 Å². The Morgan fingerprint density at radius 2 is 1.48 bits per heavy atom. The normalized spacial score (nSPS) is 26.5. The van der Waals surface area contributed by atoms with Gasteiger partial charge in [-0.15, -0.1) is 0 Å². The molecule has 3 rings (SSSR count). The lowest BCUT2D eigenvalue weighted by molar-refractivity contribution is -0.198. The largest absolute Gasteiger partial charge is 0.367 e. The summed E-state index contributed by atoms with van der Waals surface area (Å²) in [6, 6.07) is 8.78. The Kier molecular flexibility index (Phi) is 3.43. The molecule has 3 nitrogen and oxygen atoms in total. The molecule has 0 atom stereocenters. The van der Waals surface area contributed by atoms with Crippen LogP contribution in [0.1, 0.15) is 38.8 Å². The second kappa shape index (κ2) is 4.80. The second-order valence-corrected chi connectivity index (χ2v) is 8.03. The lowest BCUT2D eigenvalue weighted by atomic mass is 9.87. The molecule has 1 fully saturated rings. The van der Waals surface area contributed by atoms with Gasteiger partial charge < -0.3 is 10.5 Å². The first kappa shape index (κ1) is 15.0. The van der Waals surface area contributed by atoms with E-state index in [-0.39, 0.29) is 16.7 Å². The van der Waals surface area contributed by atoms with E-state index in [0.29, 0.717) is 6.54 Å². The summed E-state index contributed by atoms with van der Waals surface area (Å²) in [6.07, 6.45) is 2.12. The van der Waals surface area contributed by atoms with E-state index in [4.69, 9.17) is 10.5 Å². The van der Waals surface area contributed by atoms with Gasteiger partial charge in [-0.3, -0.25) is 4.90 Å². The molecule has 1 heterocycles. The van der Waals surface area contributed by atoms with Gasteiger partial charge in [0.05, 0.1) is 11.2 Å². The fourth-order valence-corrected chi connectivity index (χ4v) is 4.29. The predicted octanol–water partition coefficient (Wildman–Crippen LogP) is 2.37. The number of morpholine rings is 1. The highest BCUT2D eigenvalue weighted by molar-refractivity contribution is 5.37. The van der Waals surface area contributed by atoms with Gasteiger partial charge in [-0.25, -0.2) is 0 Å². The summed E-state index contributed by atoms with van der Waals surface area (Å²) in [4.78, 5) is 2.59. The van der Waals surface area contributed by atoms with Crippen molar-refractivity contribution in [2.75, 3.05) is 19.6 Å². The number of rotatable bonds is 2. The maximum atomic E-state index is 6.27. The van der Waals surface area contributed by atoms with Crippen molar-refractivity contribution in [3.05, 3.63) is 35.4 Å². The molecule has 1 aliphatic heterocycles. The summed E-state index contributed by atoms with van der Waals surface area (Å²) < 4.78 is 6.24. The van der Waals surface area contributed by atoms with Crippen LogP contribution in [0.25, 0.3) is 0 Å². The molecule has 1 aliphatic carbocycles. The molecule has 0 spiro atoms. The fraction of sp³-hybridized carbons (Fsp3) is 0.667. The van der Waals surface area contributed by atoms with Gasteiger partial charge in [0.2, 0.25) is 0 Å². The van der Waals surface area contributed by atoms with Crippen LogP contribution in [-0.4, -0.2) is 41.3 Å². The van der Waals surface area contributed by atoms with E-state index in [1.54, 1.807) is 0 Å². The maximum Gasteiger partial charge on any atom is 0.0761 e. The number of hydrogen-bond donors (Lipinski definition) is 1. The quantitative estimate of drug-likeness (QED) is 0.908. The Morgan fingerprint density at radius 1 is 1.00 bits per heavy atom. The zero-order valence-corrected chi connectivity index (χ0v) is 13.8. The molecule has 116 valence electrons. The van der Waals surface area contributed by atoms with Gasteiger partial charge >= 0.3 is 0 Å². The van der Waals surface area contributed by atoms with E-state index in [1.807, 2.05) is 0 Å². The Balaban J connectivity index is 1.91. The first-order chi connectivity index (χ1) is 9.75. The van der Waals surface area contributed by atoms with Crippen molar-refractivity contribution in [1.29, 1.82) is 0 Å². The van der Waals surface area contributed by atoms with Crippen molar-refractivity contribution in [3.8, 4) is 0 Å². The number of benzene rings is 1. The van der Waals surface area contributed by atoms with Gasteiger partial charge in [-0.05, 0) is 51.7 Å². The monoisotopic (exact) mass is 288 g/mol. The second-order valence-electron chi connectivity index (χ2n) is 8.03. The van der Waals surface area contributed by atoms with Gasteiger partial charge in [0.25, 0.3) is 0 Å². The first-order valence-corrected chi connectivity index (χ1v) is 7.97. The smallest absolute Gasteiger partial charge is 0.0761 e. The van der Waals surface area contributed by atoms with Crippen LogP contribution in [0, 0.1) is 0 Å². The molecule has 0 unspecified atom stereocenters. The Morgan fingerprint density at radius 3 is 1.90 bits per heavy atom. The molecule has 2 aliphatic rings. The van der Waals surface area contributed by atoms with Crippen LogP contribution in [-0.2, 0) is 17.6 Å². The highest BCUT2D eigenvalue weighted by atomic mass is 16.5. The summed E-state index contributed by atoms with van der Waals surface area (Å²) >= 11 is 0. The highest BCUT2D eigenvalue weighted by Crippen LogP contribution is 2.39. The van der Waals surface area contributed by atoms with Crippen molar-refractivity contribution in [2.45, 2.75) is 57.3 Å². The molecule has 0 bridgehead atoms. The summed E-state index contributed by atoms with van der Waals surface area (Å²) in [5, 5.41) is 0. The van der Waals surface area contributed by atoms with Crippen molar-refractivity contribution >= 4 is 0 Å². The third-order valence-corrected chi connectivity index (χ3v) is 4.90. The van der Waals surface area contributed by atoms with Gasteiger partial charge in [0.1, 0.15) is 0 Å². The van der Waals surface area contributed by atoms with Crippen molar-refractivity contribution < 1.29 is 4.74 Å². The van der Waals surface area contributed by atoms with E-state index >= 15 is 0 Å². The Labute approximate surface area is 128 Å². The molecule has 2 N–H and O–H groups in total. The van der Waals surface area contributed by atoms with Crippen LogP contribution in [0.15, 0.2) is 24.3 Å². The molecule has 0 aromatic heterocycles. The third kappa shape index (κ3) is 2.75. The van der Waals surface area contributed by atoms with Crippen molar-refractivity contribution in [3.63, 3.8) is 0 Å². The number of hydrogen-bond acceptors (Lipinski definition) is 3. The van der Waals surface area contributed by atoms with Gasteiger partial charge in [-0.2, -0.15) is 0 Å². The number of nitrogens with zero attached hydrogens (tertiary/aromatic N) is 1. The van der Waals surface area contributed by atoms with E-state index in [0.717, 1.165) is 25.9 Å². The average Bonchev–Trinajstić information content (AvgIpc) is 2.75. The number of nitrogens with two attached hydrogens (primary N) is 1. The third-order valence-electron chi connectivity index (χ3n) is 4.90. The molecule has 0 amide bonds. The minimum absolute atomic E-state index is 0.0575. The summed E-state index contributed by atoms with van der Waals surface area (Å²) in [5.41, 5.74) is 9.00. The zero-order valence-electron chi connectivity index (χ0n) is 13.8. The average molecular weight is 288 g/mol. The van der Waals surface area contributed by atoms with Crippen LogP contribution in [0.4, 0.5) is 0 Å². The van der Waals surface area contributed by atoms with Gasteiger partial charge in [0, 0.05) is 25.2 Å². The Bertz CT molecular complexity index is 495. The van der Waals surface area contributed by atoms with Crippen LogP contribution in [0.3, 0.4) is 0 Å². The lowest BCUT2D eigenvalue weighted by Gasteiger charge is -2.53. The van der Waals surface area contributed by atoms with E-state index in [9.17, 15) is 0 Å². The number of fused-ring (bicyclic) bond motifs is 1. The molecule has 0 radical (unpaired) electrons. The fourth-order valence-electron chi connectivity index (χ4n) is 4.29. The first-order valence-electron chi connectivity index (χ1n) is 7.97. The minimum Gasteiger partial charge on any atom is -0.367 e. The molecule has 1 aromatic carbocycles. The van der Waals surface area contributed by atoms with E-state index < -0.39 is 0 Å². The number of ether oxygens (including phenoxy) is 1. The molecule has 3 heteroatoms. The highest BCUT2D eigenvalue weighted by Gasteiger charge is 2.48. The Hall–Kier alpha value is -0.900. The predicted molar refractivity (Wildman–Crippen MR) is 86.5 cm³/mol. The molecule has 0 saturated carbocycles. The van der Waals surface area contributed by atoms with Gasteiger partial charge in [0.15, 0.2) is 0 Å². The standard InChI is InChI=1S/C18H28N2O/c1-16(2)12-20(13-17(3,4)21-16)18(11-19)9-14-7-5-6-8-15(14)10-18/h5-8H,9-13,19H2,1-4H3. The SMILES string of the molecule is CC1(C)CN(C2(CN)Cc3ccccc3C2)CC(C)(C)O1. The van der Waals surface area contributed by atoms with Crippen LogP contribution < -0.4 is 5.73 Å². The van der Waals surface area contributed by atoms with Crippen molar-refractivity contribution in [2.24, 2.45) is 5.73 Å². The molecule has 21 heavy (non-hydrogen) atoms.